The summed E-state index contributed by atoms with van der Waals surface area (Å²) < 4.78 is 5.19. The van der Waals surface area contributed by atoms with Gasteiger partial charge in [0.25, 0.3) is 0 Å². The highest BCUT2D eigenvalue weighted by Crippen LogP contribution is 2.31. The lowest BCUT2D eigenvalue weighted by molar-refractivity contribution is 0.0862. The van der Waals surface area contributed by atoms with Crippen molar-refractivity contribution in [3.8, 4) is 6.07 Å². The predicted octanol–water partition coefficient (Wildman–Crippen LogP) is 2.16. The number of nitrogens with zero attached hydrogens (tertiary/aromatic N) is 2. The number of hydrogen-bond donors (Lipinski definition) is 1. The monoisotopic (exact) mass is 267 g/mol. The van der Waals surface area contributed by atoms with Crippen LogP contribution in [-0.4, -0.2) is 49.3 Å². The summed E-state index contributed by atoms with van der Waals surface area (Å²) in [7, 11) is 1.74. The first-order valence-corrected chi connectivity index (χ1v) is 7.49. The quantitative estimate of drug-likeness (QED) is 0.768. The molecule has 0 saturated heterocycles. The third-order valence-electron chi connectivity index (χ3n) is 4.01. The van der Waals surface area contributed by atoms with Crippen LogP contribution < -0.4 is 5.32 Å². The van der Waals surface area contributed by atoms with Gasteiger partial charge in [0.15, 0.2) is 0 Å². The van der Waals surface area contributed by atoms with Crippen LogP contribution in [0.5, 0.6) is 0 Å². The average Bonchev–Trinajstić information content (AvgIpc) is 2.39. The molecule has 4 nitrogen and oxygen atoms in total. The van der Waals surface area contributed by atoms with Crippen molar-refractivity contribution >= 4 is 0 Å². The molecule has 1 saturated carbocycles. The Morgan fingerprint density at radius 2 is 2.26 bits per heavy atom. The van der Waals surface area contributed by atoms with Crippen molar-refractivity contribution in [1.82, 2.24) is 10.2 Å². The van der Waals surface area contributed by atoms with Crippen LogP contribution in [0.3, 0.4) is 0 Å². The van der Waals surface area contributed by atoms with Crippen molar-refractivity contribution < 1.29 is 4.74 Å². The van der Waals surface area contributed by atoms with E-state index in [9.17, 15) is 5.26 Å². The maximum absolute atomic E-state index is 9.58. The van der Waals surface area contributed by atoms with Gasteiger partial charge in [-0.3, -0.25) is 10.2 Å². The number of hydrogen-bond acceptors (Lipinski definition) is 4. The van der Waals surface area contributed by atoms with Crippen LogP contribution in [-0.2, 0) is 4.74 Å². The van der Waals surface area contributed by atoms with E-state index in [-0.39, 0.29) is 5.54 Å². The summed E-state index contributed by atoms with van der Waals surface area (Å²) >= 11 is 0. The van der Waals surface area contributed by atoms with Crippen LogP contribution in [0.2, 0.25) is 0 Å². The number of nitriles is 1. The molecule has 110 valence electrons. The maximum atomic E-state index is 9.58. The highest BCUT2D eigenvalue weighted by atomic mass is 16.5. The number of methoxy groups -OCH3 is 1. The van der Waals surface area contributed by atoms with Gasteiger partial charge in [-0.2, -0.15) is 5.26 Å². The lowest BCUT2D eigenvalue weighted by Gasteiger charge is -2.42. The van der Waals surface area contributed by atoms with E-state index in [0.717, 1.165) is 39.0 Å². The van der Waals surface area contributed by atoms with Crippen molar-refractivity contribution in [2.45, 2.75) is 64.1 Å². The minimum atomic E-state index is -0.336. The zero-order valence-corrected chi connectivity index (χ0v) is 12.9. The third-order valence-corrected chi connectivity index (χ3v) is 4.01. The minimum absolute atomic E-state index is 0.336. The molecule has 2 unspecified atom stereocenters. The number of likely N-dealkylation sites (N-methyl/N-ethyl adjacent to an activating group) is 1. The summed E-state index contributed by atoms with van der Waals surface area (Å²) in [5.74, 6) is 0. The zero-order valence-electron chi connectivity index (χ0n) is 12.9. The largest absolute Gasteiger partial charge is 0.383 e. The molecule has 0 aromatic heterocycles. The van der Waals surface area contributed by atoms with Gasteiger partial charge in [0, 0.05) is 25.7 Å². The van der Waals surface area contributed by atoms with E-state index >= 15 is 0 Å². The Labute approximate surface area is 118 Å². The van der Waals surface area contributed by atoms with Crippen LogP contribution in [0, 0.1) is 11.3 Å². The predicted molar refractivity (Wildman–Crippen MR) is 78.0 cm³/mol. The summed E-state index contributed by atoms with van der Waals surface area (Å²) in [6.45, 7) is 9.17. The molecule has 0 heterocycles. The van der Waals surface area contributed by atoms with Crippen molar-refractivity contribution in [2.75, 3.05) is 26.8 Å². The van der Waals surface area contributed by atoms with Gasteiger partial charge in [-0.1, -0.05) is 6.92 Å². The van der Waals surface area contributed by atoms with Gasteiger partial charge in [-0.15, -0.1) is 0 Å². The fraction of sp³-hybridized carbons (Fsp3) is 0.933. The zero-order chi connectivity index (χ0) is 14.3. The van der Waals surface area contributed by atoms with E-state index in [1.807, 2.05) is 0 Å². The van der Waals surface area contributed by atoms with Gasteiger partial charge in [0.1, 0.15) is 5.54 Å². The number of ether oxygens (including phenoxy) is 1. The molecule has 0 amide bonds. The first-order chi connectivity index (χ1) is 9.06. The second-order valence-electron chi connectivity index (χ2n) is 5.86. The SMILES string of the molecule is CCN(CCOC)C1CCCC(C#N)(NC(C)C)C1. The van der Waals surface area contributed by atoms with Gasteiger partial charge < -0.3 is 4.74 Å². The molecular formula is C15H29N3O. The second kappa shape index (κ2) is 7.84. The molecule has 0 aromatic carbocycles. The lowest BCUT2D eigenvalue weighted by atomic mass is 9.79. The van der Waals surface area contributed by atoms with Crippen LogP contribution in [0.25, 0.3) is 0 Å². The molecule has 0 spiro atoms. The molecule has 4 heteroatoms. The van der Waals surface area contributed by atoms with Crippen LogP contribution in [0.1, 0.15) is 46.5 Å². The normalized spacial score (nSPS) is 27.7. The summed E-state index contributed by atoms with van der Waals surface area (Å²) in [4.78, 5) is 2.46. The van der Waals surface area contributed by atoms with Gasteiger partial charge in [0.2, 0.25) is 0 Å². The standard InChI is InChI=1S/C15H29N3O/c1-5-18(9-10-19-4)14-7-6-8-15(11-14,12-16)17-13(2)3/h13-14,17H,5-11H2,1-4H3. The van der Waals surface area contributed by atoms with Crippen molar-refractivity contribution in [1.29, 1.82) is 5.26 Å². The van der Waals surface area contributed by atoms with Gasteiger partial charge in [-0.05, 0) is 46.1 Å². The Kier molecular flexibility index (Phi) is 6.78. The van der Waals surface area contributed by atoms with Gasteiger partial charge in [-0.25, -0.2) is 0 Å². The first kappa shape index (κ1) is 16.4. The molecular weight excluding hydrogens is 238 g/mol. The van der Waals surface area contributed by atoms with Gasteiger partial charge in [0.05, 0.1) is 12.7 Å². The molecule has 1 aliphatic carbocycles. The number of rotatable bonds is 7. The molecule has 1 aliphatic rings. The second-order valence-corrected chi connectivity index (χ2v) is 5.86. The highest BCUT2D eigenvalue weighted by Gasteiger charge is 2.38. The molecule has 0 bridgehead atoms. The van der Waals surface area contributed by atoms with E-state index in [0.29, 0.717) is 12.1 Å². The third kappa shape index (κ3) is 4.76. The topological polar surface area (TPSA) is 48.3 Å². The van der Waals surface area contributed by atoms with Crippen LogP contribution in [0.15, 0.2) is 0 Å². The summed E-state index contributed by atoms with van der Waals surface area (Å²) in [6, 6.07) is 3.40. The van der Waals surface area contributed by atoms with Crippen molar-refractivity contribution in [2.24, 2.45) is 0 Å². The Morgan fingerprint density at radius 3 is 2.79 bits per heavy atom. The first-order valence-electron chi connectivity index (χ1n) is 7.49. The summed E-state index contributed by atoms with van der Waals surface area (Å²) in [5.41, 5.74) is -0.336. The van der Waals surface area contributed by atoms with Crippen molar-refractivity contribution in [3.63, 3.8) is 0 Å². The molecule has 0 radical (unpaired) electrons. The molecule has 1 fully saturated rings. The van der Waals surface area contributed by atoms with E-state index in [1.165, 1.54) is 6.42 Å². The molecule has 0 aromatic rings. The fourth-order valence-corrected chi connectivity index (χ4v) is 3.18. The maximum Gasteiger partial charge on any atom is 0.108 e. The van der Waals surface area contributed by atoms with Crippen molar-refractivity contribution in [3.05, 3.63) is 0 Å². The average molecular weight is 267 g/mol. The van der Waals surface area contributed by atoms with E-state index < -0.39 is 0 Å². The molecule has 19 heavy (non-hydrogen) atoms. The Morgan fingerprint density at radius 1 is 1.53 bits per heavy atom. The molecule has 1 rings (SSSR count). The highest BCUT2D eigenvalue weighted by molar-refractivity contribution is 5.11. The van der Waals surface area contributed by atoms with E-state index in [1.54, 1.807) is 7.11 Å². The summed E-state index contributed by atoms with van der Waals surface area (Å²) in [6.07, 6.45) is 4.22. The van der Waals surface area contributed by atoms with E-state index in [4.69, 9.17) is 4.74 Å². The Balaban J connectivity index is 2.68. The molecule has 0 aliphatic heterocycles. The van der Waals surface area contributed by atoms with Crippen LogP contribution in [0.4, 0.5) is 0 Å². The summed E-state index contributed by atoms with van der Waals surface area (Å²) in [5, 5.41) is 13.1. The minimum Gasteiger partial charge on any atom is -0.383 e. The smallest absolute Gasteiger partial charge is 0.108 e. The lowest BCUT2D eigenvalue weighted by Crippen LogP contribution is -2.55. The fourth-order valence-electron chi connectivity index (χ4n) is 3.18. The molecule has 2 atom stereocenters. The number of nitrogens with one attached hydrogen (secondary N) is 1. The van der Waals surface area contributed by atoms with Crippen LogP contribution >= 0.6 is 0 Å². The van der Waals surface area contributed by atoms with E-state index in [2.05, 4.69) is 37.1 Å². The Hall–Kier alpha value is -0.630. The molecule has 1 N–H and O–H groups in total. The Bertz CT molecular complexity index is 300. The van der Waals surface area contributed by atoms with Gasteiger partial charge >= 0.3 is 0 Å².